The largest absolute Gasteiger partial charge is 0.396 e. The average molecular weight is 197 g/mol. The molecule has 1 atom stereocenters. The minimum absolute atomic E-state index is 0.243. The number of likely N-dealkylation sites (tertiary alicyclic amines) is 1. The fourth-order valence-electron chi connectivity index (χ4n) is 2.35. The number of hydrogen-bond acceptors (Lipinski definition) is 2. The molecule has 0 saturated carbocycles. The summed E-state index contributed by atoms with van der Waals surface area (Å²) in [6, 6.07) is 1.32. The Morgan fingerprint density at radius 3 is 2.86 bits per heavy atom. The maximum Gasteiger partial charge on any atom is 0.0468 e. The molecule has 0 aromatic rings. The predicted octanol–water partition coefficient (Wildman–Crippen LogP) is 2.19. The van der Waals surface area contributed by atoms with Crippen LogP contribution >= 0.6 is 0 Å². The molecule has 0 spiro atoms. The Morgan fingerprint density at radius 1 is 1.57 bits per heavy atom. The molecule has 0 aliphatic carbocycles. The number of nitrogens with zero attached hydrogens (tertiary/aromatic N) is 1. The highest BCUT2D eigenvalue weighted by Gasteiger charge is 2.26. The van der Waals surface area contributed by atoms with E-state index in [0.29, 0.717) is 12.1 Å². The van der Waals surface area contributed by atoms with Gasteiger partial charge in [0.1, 0.15) is 0 Å². The van der Waals surface area contributed by atoms with Crippen LogP contribution in [0, 0.1) is 0 Å². The fraction of sp³-hybridized carbons (Fsp3) is 0.833. The van der Waals surface area contributed by atoms with Crippen molar-refractivity contribution < 1.29 is 5.11 Å². The highest BCUT2D eigenvalue weighted by molar-refractivity contribution is 5.00. The van der Waals surface area contributed by atoms with Gasteiger partial charge in [0.25, 0.3) is 0 Å². The Balaban J connectivity index is 2.39. The summed E-state index contributed by atoms with van der Waals surface area (Å²) in [5.74, 6) is 0. The molecule has 0 radical (unpaired) electrons. The summed E-state index contributed by atoms with van der Waals surface area (Å²) in [7, 11) is 0. The highest BCUT2D eigenvalue weighted by atomic mass is 16.2. The van der Waals surface area contributed by atoms with Crippen molar-refractivity contribution in [3.63, 3.8) is 0 Å². The summed E-state index contributed by atoms with van der Waals surface area (Å²) in [5, 5.41) is 8.81. The minimum Gasteiger partial charge on any atom is -0.396 e. The second-order valence-corrected chi connectivity index (χ2v) is 4.56. The van der Waals surface area contributed by atoms with Crippen molar-refractivity contribution in [1.29, 1.82) is 0 Å². The third-order valence-electron chi connectivity index (χ3n) is 3.08. The predicted molar refractivity (Wildman–Crippen MR) is 60.3 cm³/mol. The van der Waals surface area contributed by atoms with Gasteiger partial charge in [-0.2, -0.15) is 0 Å². The lowest BCUT2D eigenvalue weighted by atomic mass is 10.0. The number of rotatable bonds is 5. The van der Waals surface area contributed by atoms with Crippen LogP contribution < -0.4 is 0 Å². The zero-order valence-electron chi connectivity index (χ0n) is 9.50. The number of aliphatic hydroxyl groups excluding tert-OH is 1. The van der Waals surface area contributed by atoms with Gasteiger partial charge in [-0.05, 0) is 46.1 Å². The van der Waals surface area contributed by atoms with Crippen LogP contribution in [0.1, 0.15) is 39.5 Å². The molecule has 1 unspecified atom stereocenters. The van der Waals surface area contributed by atoms with Gasteiger partial charge in [-0.15, -0.1) is 0 Å². The van der Waals surface area contributed by atoms with Crippen molar-refractivity contribution in [1.82, 2.24) is 4.90 Å². The average Bonchev–Trinajstić information content (AvgIpc) is 2.52. The van der Waals surface area contributed by atoms with Crippen LogP contribution in [0.2, 0.25) is 0 Å². The van der Waals surface area contributed by atoms with Crippen LogP contribution in [0.5, 0.6) is 0 Å². The molecule has 0 amide bonds. The van der Waals surface area contributed by atoms with Crippen molar-refractivity contribution >= 4 is 0 Å². The third-order valence-corrected chi connectivity index (χ3v) is 3.08. The summed E-state index contributed by atoms with van der Waals surface area (Å²) >= 11 is 0. The third kappa shape index (κ3) is 3.10. The normalized spacial score (nSPS) is 23.3. The van der Waals surface area contributed by atoms with Crippen LogP contribution in [0.4, 0.5) is 0 Å². The molecule has 1 aliphatic heterocycles. The first-order chi connectivity index (χ1) is 6.65. The summed E-state index contributed by atoms with van der Waals surface area (Å²) in [5.41, 5.74) is 1.20. The lowest BCUT2D eigenvalue weighted by molar-refractivity contribution is 0.200. The van der Waals surface area contributed by atoms with Crippen molar-refractivity contribution in [2.75, 3.05) is 13.2 Å². The number of aliphatic hydroxyl groups is 1. The SMILES string of the molecule is C=C(CCO)CC1CCCN1C(C)C. The van der Waals surface area contributed by atoms with E-state index < -0.39 is 0 Å². The second-order valence-electron chi connectivity index (χ2n) is 4.56. The van der Waals surface area contributed by atoms with Crippen LogP contribution in [-0.2, 0) is 0 Å². The molecule has 14 heavy (non-hydrogen) atoms. The van der Waals surface area contributed by atoms with Gasteiger partial charge < -0.3 is 5.11 Å². The number of hydrogen-bond donors (Lipinski definition) is 1. The minimum atomic E-state index is 0.243. The van der Waals surface area contributed by atoms with Crippen molar-refractivity contribution in [2.24, 2.45) is 0 Å². The van der Waals surface area contributed by atoms with Gasteiger partial charge in [-0.1, -0.05) is 12.2 Å². The maximum absolute atomic E-state index is 8.81. The van der Waals surface area contributed by atoms with Gasteiger partial charge in [0, 0.05) is 18.7 Å². The van der Waals surface area contributed by atoms with E-state index in [-0.39, 0.29) is 6.61 Å². The Kier molecular flexibility index (Phi) is 4.63. The smallest absolute Gasteiger partial charge is 0.0468 e. The molecule has 0 aromatic heterocycles. The molecular weight excluding hydrogens is 174 g/mol. The topological polar surface area (TPSA) is 23.5 Å². The van der Waals surface area contributed by atoms with Gasteiger partial charge >= 0.3 is 0 Å². The van der Waals surface area contributed by atoms with E-state index in [1.54, 1.807) is 0 Å². The molecule has 0 bridgehead atoms. The van der Waals surface area contributed by atoms with Crippen LogP contribution in [0.15, 0.2) is 12.2 Å². The van der Waals surface area contributed by atoms with Gasteiger partial charge in [0.15, 0.2) is 0 Å². The highest BCUT2D eigenvalue weighted by Crippen LogP contribution is 2.25. The first kappa shape index (κ1) is 11.7. The summed E-state index contributed by atoms with van der Waals surface area (Å²) < 4.78 is 0. The Morgan fingerprint density at radius 2 is 2.29 bits per heavy atom. The van der Waals surface area contributed by atoms with Crippen LogP contribution in [0.25, 0.3) is 0 Å². The van der Waals surface area contributed by atoms with E-state index in [0.717, 1.165) is 12.8 Å². The van der Waals surface area contributed by atoms with E-state index in [4.69, 9.17) is 5.11 Å². The zero-order valence-corrected chi connectivity index (χ0v) is 9.50. The van der Waals surface area contributed by atoms with Gasteiger partial charge in [0.2, 0.25) is 0 Å². The van der Waals surface area contributed by atoms with Gasteiger partial charge in [-0.25, -0.2) is 0 Å². The fourth-order valence-corrected chi connectivity index (χ4v) is 2.35. The summed E-state index contributed by atoms with van der Waals surface area (Å²) in [6.07, 6.45) is 4.44. The molecule has 1 saturated heterocycles. The van der Waals surface area contributed by atoms with E-state index in [2.05, 4.69) is 25.3 Å². The first-order valence-electron chi connectivity index (χ1n) is 5.68. The monoisotopic (exact) mass is 197 g/mol. The van der Waals surface area contributed by atoms with Crippen molar-refractivity contribution in [2.45, 2.75) is 51.6 Å². The van der Waals surface area contributed by atoms with Crippen LogP contribution in [0.3, 0.4) is 0 Å². The molecule has 1 rings (SSSR count). The van der Waals surface area contributed by atoms with Crippen molar-refractivity contribution in [3.8, 4) is 0 Å². The molecule has 2 nitrogen and oxygen atoms in total. The molecule has 1 fully saturated rings. The first-order valence-corrected chi connectivity index (χ1v) is 5.68. The van der Waals surface area contributed by atoms with E-state index in [9.17, 15) is 0 Å². The Hall–Kier alpha value is -0.340. The quantitative estimate of drug-likeness (QED) is 0.683. The molecule has 1 heterocycles. The zero-order chi connectivity index (χ0) is 10.6. The molecule has 1 N–H and O–H groups in total. The molecular formula is C12H23NO. The van der Waals surface area contributed by atoms with Crippen molar-refractivity contribution in [3.05, 3.63) is 12.2 Å². The molecule has 82 valence electrons. The van der Waals surface area contributed by atoms with Gasteiger partial charge in [0.05, 0.1) is 0 Å². The van der Waals surface area contributed by atoms with E-state index >= 15 is 0 Å². The second kappa shape index (κ2) is 5.52. The lowest BCUT2D eigenvalue weighted by Crippen LogP contribution is -2.35. The standard InChI is InChI=1S/C12H23NO/c1-10(2)13-7-4-5-12(13)9-11(3)6-8-14/h10,12,14H,3-9H2,1-2H3. The van der Waals surface area contributed by atoms with Gasteiger partial charge in [-0.3, -0.25) is 4.90 Å². The summed E-state index contributed by atoms with van der Waals surface area (Å²) in [4.78, 5) is 2.56. The molecule has 1 aliphatic rings. The lowest BCUT2D eigenvalue weighted by Gasteiger charge is -2.28. The van der Waals surface area contributed by atoms with E-state index in [1.165, 1.54) is 25.0 Å². The van der Waals surface area contributed by atoms with E-state index in [1.807, 2.05) is 0 Å². The molecule has 2 heteroatoms. The summed E-state index contributed by atoms with van der Waals surface area (Å²) in [6.45, 7) is 10.0. The Bertz CT molecular complexity index is 189. The maximum atomic E-state index is 8.81. The van der Waals surface area contributed by atoms with Crippen LogP contribution in [-0.4, -0.2) is 35.2 Å². The molecule has 0 aromatic carbocycles. The Labute approximate surface area is 87.6 Å².